The molecule has 2 rings (SSSR count). The summed E-state index contributed by atoms with van der Waals surface area (Å²) in [5, 5.41) is 7.32. The highest BCUT2D eigenvalue weighted by atomic mass is 16.2. The summed E-state index contributed by atoms with van der Waals surface area (Å²) in [4.78, 5) is 13.7. The SMILES string of the molecule is CC(NC1CCCCC1C1CCCCN1)C(=O)N(C)C. The Balaban J connectivity index is 1.94. The number of hydrogen-bond donors (Lipinski definition) is 2. The van der Waals surface area contributed by atoms with E-state index in [9.17, 15) is 4.79 Å². The zero-order valence-electron chi connectivity index (χ0n) is 13.3. The summed E-state index contributed by atoms with van der Waals surface area (Å²) in [5.74, 6) is 0.882. The standard InChI is InChI=1S/C16H31N3O/c1-12(16(20)19(2)3)18-15-10-5-4-8-13(15)14-9-6-7-11-17-14/h12-15,17-18H,4-11H2,1-3H3. The van der Waals surface area contributed by atoms with Gasteiger partial charge in [0.15, 0.2) is 0 Å². The monoisotopic (exact) mass is 281 g/mol. The predicted octanol–water partition coefficient (Wildman–Crippen LogP) is 1.75. The van der Waals surface area contributed by atoms with E-state index in [1.165, 1.54) is 51.5 Å². The van der Waals surface area contributed by atoms with E-state index in [0.29, 0.717) is 18.0 Å². The van der Waals surface area contributed by atoms with Gasteiger partial charge in [-0.15, -0.1) is 0 Å². The molecule has 1 aliphatic carbocycles. The molecule has 0 spiro atoms. The van der Waals surface area contributed by atoms with Gasteiger partial charge in [-0.1, -0.05) is 19.3 Å². The molecular weight excluding hydrogens is 250 g/mol. The lowest BCUT2D eigenvalue weighted by atomic mass is 9.77. The third-order valence-corrected chi connectivity index (χ3v) is 4.96. The summed E-state index contributed by atoms with van der Waals surface area (Å²) in [7, 11) is 3.67. The van der Waals surface area contributed by atoms with Crippen LogP contribution in [0.1, 0.15) is 51.9 Å². The molecule has 1 heterocycles. The first-order chi connectivity index (χ1) is 9.59. The Kier molecular flexibility index (Phi) is 5.85. The van der Waals surface area contributed by atoms with Gasteiger partial charge >= 0.3 is 0 Å². The van der Waals surface area contributed by atoms with Crippen molar-refractivity contribution >= 4 is 5.91 Å². The van der Waals surface area contributed by atoms with Crippen LogP contribution in [-0.2, 0) is 4.79 Å². The highest BCUT2D eigenvalue weighted by molar-refractivity contribution is 5.80. The van der Waals surface area contributed by atoms with Crippen molar-refractivity contribution in [2.24, 2.45) is 5.92 Å². The number of nitrogens with one attached hydrogen (secondary N) is 2. The minimum Gasteiger partial charge on any atom is -0.347 e. The minimum atomic E-state index is -0.0702. The van der Waals surface area contributed by atoms with Crippen molar-refractivity contribution in [3.63, 3.8) is 0 Å². The number of likely N-dealkylation sites (N-methyl/N-ethyl adjacent to an activating group) is 1. The van der Waals surface area contributed by atoms with Crippen LogP contribution in [-0.4, -0.2) is 49.6 Å². The fourth-order valence-electron chi connectivity index (χ4n) is 3.87. The molecular formula is C16H31N3O. The van der Waals surface area contributed by atoms with Crippen LogP contribution in [0, 0.1) is 5.92 Å². The normalized spacial score (nSPS) is 32.6. The van der Waals surface area contributed by atoms with Gasteiger partial charge in [-0.3, -0.25) is 4.79 Å². The summed E-state index contributed by atoms with van der Waals surface area (Å²) < 4.78 is 0. The van der Waals surface area contributed by atoms with Crippen LogP contribution in [0.3, 0.4) is 0 Å². The summed E-state index contributed by atoms with van der Waals surface area (Å²) >= 11 is 0. The largest absolute Gasteiger partial charge is 0.347 e. The molecule has 4 nitrogen and oxygen atoms in total. The number of hydrogen-bond acceptors (Lipinski definition) is 3. The van der Waals surface area contributed by atoms with Crippen LogP contribution in [0.5, 0.6) is 0 Å². The summed E-state index contributed by atoms with van der Waals surface area (Å²) in [6, 6.07) is 1.08. The van der Waals surface area contributed by atoms with Crippen LogP contribution >= 0.6 is 0 Å². The summed E-state index contributed by atoms with van der Waals surface area (Å²) in [6.45, 7) is 3.17. The van der Waals surface area contributed by atoms with Gasteiger partial charge in [-0.25, -0.2) is 0 Å². The average Bonchev–Trinajstić information content (AvgIpc) is 2.47. The number of nitrogens with zero attached hydrogens (tertiary/aromatic N) is 1. The minimum absolute atomic E-state index is 0.0702. The zero-order valence-corrected chi connectivity index (χ0v) is 13.3. The molecule has 1 amide bonds. The quantitative estimate of drug-likeness (QED) is 0.825. The predicted molar refractivity (Wildman–Crippen MR) is 82.7 cm³/mol. The smallest absolute Gasteiger partial charge is 0.238 e. The van der Waals surface area contributed by atoms with Crippen LogP contribution in [0.25, 0.3) is 0 Å². The lowest BCUT2D eigenvalue weighted by molar-refractivity contribution is -0.130. The maximum Gasteiger partial charge on any atom is 0.238 e. The van der Waals surface area contributed by atoms with Gasteiger partial charge in [0, 0.05) is 26.2 Å². The van der Waals surface area contributed by atoms with Crippen LogP contribution in [0.2, 0.25) is 0 Å². The molecule has 0 aromatic rings. The van der Waals surface area contributed by atoms with Gasteiger partial charge in [0.1, 0.15) is 0 Å². The van der Waals surface area contributed by atoms with E-state index in [4.69, 9.17) is 0 Å². The Morgan fingerprint density at radius 1 is 1.15 bits per heavy atom. The molecule has 0 radical (unpaired) electrons. The van der Waals surface area contributed by atoms with Crippen LogP contribution in [0.15, 0.2) is 0 Å². The van der Waals surface area contributed by atoms with Gasteiger partial charge in [0.2, 0.25) is 5.91 Å². The van der Waals surface area contributed by atoms with E-state index in [-0.39, 0.29) is 11.9 Å². The Morgan fingerprint density at radius 2 is 1.85 bits per heavy atom. The Hall–Kier alpha value is -0.610. The van der Waals surface area contributed by atoms with E-state index in [0.717, 1.165) is 0 Å². The summed E-state index contributed by atoms with van der Waals surface area (Å²) in [6.07, 6.45) is 9.13. The molecule has 0 aromatic heterocycles. The molecule has 4 atom stereocenters. The molecule has 1 saturated heterocycles. The molecule has 0 bridgehead atoms. The van der Waals surface area contributed by atoms with E-state index >= 15 is 0 Å². The molecule has 20 heavy (non-hydrogen) atoms. The number of rotatable bonds is 4. The van der Waals surface area contributed by atoms with Crippen molar-refractivity contribution in [2.75, 3.05) is 20.6 Å². The third-order valence-electron chi connectivity index (χ3n) is 4.96. The average molecular weight is 281 g/mol. The van der Waals surface area contributed by atoms with E-state index in [1.54, 1.807) is 4.90 Å². The van der Waals surface area contributed by atoms with Gasteiger partial charge in [0.05, 0.1) is 6.04 Å². The topological polar surface area (TPSA) is 44.4 Å². The summed E-state index contributed by atoms with van der Waals surface area (Å²) in [5.41, 5.74) is 0. The molecule has 1 aliphatic heterocycles. The number of carbonyl (C=O) groups is 1. The molecule has 2 aliphatic rings. The van der Waals surface area contributed by atoms with Crippen molar-refractivity contribution in [3.8, 4) is 0 Å². The van der Waals surface area contributed by atoms with Gasteiger partial charge in [-0.05, 0) is 45.1 Å². The molecule has 1 saturated carbocycles. The zero-order chi connectivity index (χ0) is 14.5. The number of carbonyl (C=O) groups excluding carboxylic acids is 1. The Bertz CT molecular complexity index is 313. The first-order valence-corrected chi connectivity index (χ1v) is 8.30. The Morgan fingerprint density at radius 3 is 2.50 bits per heavy atom. The molecule has 2 fully saturated rings. The van der Waals surface area contributed by atoms with E-state index in [2.05, 4.69) is 10.6 Å². The first-order valence-electron chi connectivity index (χ1n) is 8.30. The van der Waals surface area contributed by atoms with Gasteiger partial charge in [-0.2, -0.15) is 0 Å². The molecule has 2 N–H and O–H groups in total. The highest BCUT2D eigenvalue weighted by Crippen LogP contribution is 2.30. The van der Waals surface area contributed by atoms with Gasteiger partial charge < -0.3 is 15.5 Å². The Labute approximate surface area is 123 Å². The molecule has 4 heteroatoms. The highest BCUT2D eigenvalue weighted by Gasteiger charge is 2.33. The van der Waals surface area contributed by atoms with Crippen molar-refractivity contribution in [2.45, 2.75) is 70.0 Å². The molecule has 116 valence electrons. The van der Waals surface area contributed by atoms with Crippen LogP contribution in [0.4, 0.5) is 0 Å². The maximum absolute atomic E-state index is 12.0. The maximum atomic E-state index is 12.0. The lowest BCUT2D eigenvalue weighted by Gasteiger charge is -2.41. The van der Waals surface area contributed by atoms with Gasteiger partial charge in [0.25, 0.3) is 0 Å². The lowest BCUT2D eigenvalue weighted by Crippen LogP contribution is -2.54. The van der Waals surface area contributed by atoms with Crippen molar-refractivity contribution in [3.05, 3.63) is 0 Å². The van der Waals surface area contributed by atoms with E-state index < -0.39 is 0 Å². The second-order valence-corrected chi connectivity index (χ2v) is 6.73. The van der Waals surface area contributed by atoms with Crippen molar-refractivity contribution in [1.29, 1.82) is 0 Å². The third kappa shape index (κ3) is 3.95. The second-order valence-electron chi connectivity index (χ2n) is 6.73. The number of piperidine rings is 1. The number of amides is 1. The molecule has 4 unspecified atom stereocenters. The fourth-order valence-corrected chi connectivity index (χ4v) is 3.87. The first kappa shape index (κ1) is 15.8. The fraction of sp³-hybridized carbons (Fsp3) is 0.938. The van der Waals surface area contributed by atoms with Crippen molar-refractivity contribution < 1.29 is 4.79 Å². The van der Waals surface area contributed by atoms with E-state index in [1.807, 2.05) is 21.0 Å². The second kappa shape index (κ2) is 7.41. The molecule has 0 aromatic carbocycles. The van der Waals surface area contributed by atoms with Crippen molar-refractivity contribution in [1.82, 2.24) is 15.5 Å². The van der Waals surface area contributed by atoms with Crippen LogP contribution < -0.4 is 10.6 Å².